The number of aromatic nitrogens is 4. The van der Waals surface area contributed by atoms with Gasteiger partial charge in [0.1, 0.15) is 5.82 Å². The van der Waals surface area contributed by atoms with E-state index < -0.39 is 5.56 Å². The Bertz CT molecular complexity index is 748. The van der Waals surface area contributed by atoms with Crippen LogP contribution in [-0.4, -0.2) is 19.1 Å². The van der Waals surface area contributed by atoms with Crippen molar-refractivity contribution in [2.75, 3.05) is 0 Å². The molecule has 1 fully saturated rings. The van der Waals surface area contributed by atoms with Crippen LogP contribution in [-0.2, 0) is 13.6 Å². The molecule has 2 aromatic rings. The second kappa shape index (κ2) is 4.90. The Balaban J connectivity index is 2.30. The zero-order valence-corrected chi connectivity index (χ0v) is 11.6. The Kier molecular flexibility index (Phi) is 3.21. The molecule has 0 bridgehead atoms. The summed E-state index contributed by atoms with van der Waals surface area (Å²) in [5.74, 6) is 0.612. The van der Waals surface area contributed by atoms with E-state index >= 15 is 0 Å². The largest absolute Gasteiger partial charge is 0.330 e. The minimum atomic E-state index is -0.397. The molecule has 108 valence electrons. The number of hydrogen-bond acceptors (Lipinski definition) is 4. The molecule has 0 amide bonds. The van der Waals surface area contributed by atoms with Gasteiger partial charge in [-0.3, -0.25) is 14.3 Å². The monoisotopic (exact) mass is 277 g/mol. The number of nitrogens with two attached hydrogens (primary N) is 1. The summed E-state index contributed by atoms with van der Waals surface area (Å²) in [4.78, 5) is 31.0. The Morgan fingerprint density at radius 1 is 1.30 bits per heavy atom. The van der Waals surface area contributed by atoms with Crippen molar-refractivity contribution in [3.8, 4) is 0 Å². The number of hydrogen-bond donors (Lipinski definition) is 2. The fourth-order valence-corrected chi connectivity index (χ4v) is 3.12. The number of imidazole rings is 1. The summed E-state index contributed by atoms with van der Waals surface area (Å²) < 4.78 is 3.32. The van der Waals surface area contributed by atoms with Crippen LogP contribution in [0.3, 0.4) is 0 Å². The van der Waals surface area contributed by atoms with Crippen LogP contribution in [0.5, 0.6) is 0 Å². The van der Waals surface area contributed by atoms with Gasteiger partial charge in [-0.25, -0.2) is 9.78 Å². The number of H-pyrrole nitrogens is 1. The molecule has 1 saturated carbocycles. The maximum Gasteiger partial charge on any atom is 0.330 e. The second-order valence-electron chi connectivity index (χ2n) is 5.38. The first-order chi connectivity index (χ1) is 9.63. The molecule has 0 aliphatic heterocycles. The normalized spacial score (nSPS) is 16.9. The Hall–Kier alpha value is -1.89. The van der Waals surface area contributed by atoms with Crippen LogP contribution in [0.1, 0.15) is 44.0 Å². The third-order valence-corrected chi connectivity index (χ3v) is 4.17. The summed E-state index contributed by atoms with van der Waals surface area (Å²) in [6.45, 7) is 0.240. The van der Waals surface area contributed by atoms with E-state index in [1.165, 1.54) is 6.42 Å². The average Bonchev–Trinajstić information content (AvgIpc) is 2.77. The van der Waals surface area contributed by atoms with Crippen molar-refractivity contribution in [1.29, 1.82) is 0 Å². The SMILES string of the molecule is Cn1c(CN)nc2c1c(=O)[nH]c(=O)n2C1CCCCC1. The van der Waals surface area contributed by atoms with Crippen molar-refractivity contribution in [2.45, 2.75) is 44.7 Å². The maximum atomic E-state index is 12.2. The van der Waals surface area contributed by atoms with E-state index in [9.17, 15) is 9.59 Å². The van der Waals surface area contributed by atoms with E-state index in [0.717, 1.165) is 25.7 Å². The molecule has 0 saturated heterocycles. The van der Waals surface area contributed by atoms with E-state index in [2.05, 4.69) is 9.97 Å². The maximum absolute atomic E-state index is 12.2. The standard InChI is InChI=1S/C13H19N5O2/c1-17-9(7-14)15-11-10(17)12(19)16-13(20)18(11)8-5-3-2-4-6-8/h8H,2-7,14H2,1H3,(H,16,19,20). The lowest BCUT2D eigenvalue weighted by Crippen LogP contribution is -2.34. The predicted molar refractivity (Wildman–Crippen MR) is 75.6 cm³/mol. The van der Waals surface area contributed by atoms with Crippen molar-refractivity contribution in [2.24, 2.45) is 12.8 Å². The van der Waals surface area contributed by atoms with E-state index in [4.69, 9.17) is 5.73 Å². The van der Waals surface area contributed by atoms with Crippen molar-refractivity contribution in [3.63, 3.8) is 0 Å². The zero-order valence-electron chi connectivity index (χ0n) is 11.6. The van der Waals surface area contributed by atoms with Gasteiger partial charge in [0.05, 0.1) is 6.54 Å². The molecule has 1 aliphatic carbocycles. The second-order valence-corrected chi connectivity index (χ2v) is 5.38. The molecule has 0 radical (unpaired) electrons. The van der Waals surface area contributed by atoms with Gasteiger partial charge >= 0.3 is 5.69 Å². The van der Waals surface area contributed by atoms with Crippen LogP contribution in [0.2, 0.25) is 0 Å². The third kappa shape index (κ3) is 1.89. The van der Waals surface area contributed by atoms with E-state index in [0.29, 0.717) is 17.0 Å². The molecule has 0 atom stereocenters. The minimum absolute atomic E-state index is 0.121. The Morgan fingerprint density at radius 3 is 2.65 bits per heavy atom. The Labute approximate surface area is 115 Å². The van der Waals surface area contributed by atoms with Crippen molar-refractivity contribution in [1.82, 2.24) is 19.1 Å². The predicted octanol–water partition coefficient (Wildman–Crippen LogP) is 0.387. The molecule has 20 heavy (non-hydrogen) atoms. The summed E-state index contributed by atoms with van der Waals surface area (Å²) in [6.07, 6.45) is 5.32. The first-order valence-electron chi connectivity index (χ1n) is 7.03. The number of nitrogens with zero attached hydrogens (tertiary/aromatic N) is 3. The van der Waals surface area contributed by atoms with Gasteiger partial charge in [-0.2, -0.15) is 0 Å². The molecule has 1 aliphatic rings. The summed E-state index contributed by atoms with van der Waals surface area (Å²) in [7, 11) is 1.75. The summed E-state index contributed by atoms with van der Waals surface area (Å²) >= 11 is 0. The van der Waals surface area contributed by atoms with E-state index in [1.807, 2.05) is 0 Å². The highest BCUT2D eigenvalue weighted by Crippen LogP contribution is 2.28. The molecule has 3 N–H and O–H groups in total. The van der Waals surface area contributed by atoms with Crippen LogP contribution in [0, 0.1) is 0 Å². The van der Waals surface area contributed by atoms with Gasteiger partial charge in [-0.1, -0.05) is 19.3 Å². The first kappa shape index (κ1) is 13.1. The van der Waals surface area contributed by atoms with Gasteiger partial charge in [0.25, 0.3) is 5.56 Å². The van der Waals surface area contributed by atoms with Gasteiger partial charge < -0.3 is 10.3 Å². The van der Waals surface area contributed by atoms with E-state index in [1.54, 1.807) is 16.2 Å². The van der Waals surface area contributed by atoms with Crippen LogP contribution in [0.4, 0.5) is 0 Å². The Morgan fingerprint density at radius 2 is 2.00 bits per heavy atom. The fourth-order valence-electron chi connectivity index (χ4n) is 3.12. The zero-order chi connectivity index (χ0) is 14.3. The molecule has 2 heterocycles. The number of aryl methyl sites for hydroxylation is 1. The topological polar surface area (TPSA) is 98.7 Å². The van der Waals surface area contributed by atoms with Crippen LogP contribution >= 0.6 is 0 Å². The van der Waals surface area contributed by atoms with Crippen LogP contribution < -0.4 is 17.0 Å². The van der Waals surface area contributed by atoms with Crippen LogP contribution in [0.25, 0.3) is 11.2 Å². The first-order valence-corrected chi connectivity index (χ1v) is 7.03. The van der Waals surface area contributed by atoms with Gasteiger partial charge in [-0.05, 0) is 12.8 Å². The highest BCUT2D eigenvalue weighted by Gasteiger charge is 2.22. The minimum Gasteiger partial charge on any atom is -0.324 e. The lowest BCUT2D eigenvalue weighted by atomic mass is 9.95. The van der Waals surface area contributed by atoms with Gasteiger partial charge in [0.2, 0.25) is 0 Å². The molecule has 3 rings (SSSR count). The van der Waals surface area contributed by atoms with Crippen molar-refractivity contribution < 1.29 is 0 Å². The van der Waals surface area contributed by atoms with Gasteiger partial charge in [-0.15, -0.1) is 0 Å². The summed E-state index contributed by atoms with van der Waals surface area (Å²) in [6, 6.07) is 0.121. The van der Waals surface area contributed by atoms with Crippen molar-refractivity contribution in [3.05, 3.63) is 26.7 Å². The molecule has 7 nitrogen and oxygen atoms in total. The highest BCUT2D eigenvalue weighted by atomic mass is 16.2. The third-order valence-electron chi connectivity index (χ3n) is 4.17. The van der Waals surface area contributed by atoms with Gasteiger partial charge in [0, 0.05) is 13.1 Å². The summed E-state index contributed by atoms with van der Waals surface area (Å²) in [5, 5.41) is 0. The molecular weight excluding hydrogens is 258 g/mol. The molecule has 0 aromatic carbocycles. The number of nitrogens with one attached hydrogen (secondary N) is 1. The molecule has 0 unspecified atom stereocenters. The number of rotatable bonds is 2. The highest BCUT2D eigenvalue weighted by molar-refractivity contribution is 5.71. The van der Waals surface area contributed by atoms with Gasteiger partial charge in [0.15, 0.2) is 11.2 Å². The lowest BCUT2D eigenvalue weighted by Gasteiger charge is -2.23. The number of fused-ring (bicyclic) bond motifs is 1. The molecule has 7 heteroatoms. The quantitative estimate of drug-likeness (QED) is 0.829. The van der Waals surface area contributed by atoms with Crippen LogP contribution in [0.15, 0.2) is 9.59 Å². The number of aromatic amines is 1. The molecular formula is C13H19N5O2. The molecule has 0 spiro atoms. The van der Waals surface area contributed by atoms with Crippen molar-refractivity contribution >= 4 is 11.2 Å². The molecule has 2 aromatic heterocycles. The summed E-state index contributed by atoms with van der Waals surface area (Å²) in [5.41, 5.74) is 5.78. The van der Waals surface area contributed by atoms with E-state index in [-0.39, 0.29) is 18.3 Å². The smallest absolute Gasteiger partial charge is 0.324 e. The lowest BCUT2D eigenvalue weighted by molar-refractivity contribution is 0.349. The average molecular weight is 277 g/mol. The fraction of sp³-hybridized carbons (Fsp3) is 0.615.